The lowest BCUT2D eigenvalue weighted by Crippen LogP contribution is -2.48. The normalized spacial score (nSPS) is 14.6. The molecule has 2 aromatic heterocycles. The molecule has 0 amide bonds. The van der Waals surface area contributed by atoms with Crippen LogP contribution in [0.3, 0.4) is 0 Å². The molecular formula is C22H24N4S. The molecule has 5 heteroatoms. The first-order valence-corrected chi connectivity index (χ1v) is 9.80. The number of piperazine rings is 1. The highest BCUT2D eigenvalue weighted by molar-refractivity contribution is 7.80. The fraction of sp³-hybridized carbons (Fsp3) is 0.318. The summed E-state index contributed by atoms with van der Waals surface area (Å²) in [6, 6.07) is 12.9. The molecule has 4 rings (SSSR count). The van der Waals surface area contributed by atoms with E-state index in [4.69, 9.17) is 12.2 Å². The van der Waals surface area contributed by atoms with Crippen LogP contribution in [0.1, 0.15) is 17.0 Å². The van der Waals surface area contributed by atoms with Gasteiger partial charge >= 0.3 is 0 Å². The van der Waals surface area contributed by atoms with Gasteiger partial charge in [-0.2, -0.15) is 0 Å². The highest BCUT2D eigenvalue weighted by Crippen LogP contribution is 2.23. The van der Waals surface area contributed by atoms with Crippen LogP contribution in [0.4, 0.5) is 5.69 Å². The Bertz CT molecular complexity index is 957. The molecule has 0 atom stereocenters. The van der Waals surface area contributed by atoms with Gasteiger partial charge in [-0.25, -0.2) is 0 Å². The van der Waals surface area contributed by atoms with Crippen LogP contribution in [0.5, 0.6) is 0 Å². The monoisotopic (exact) mass is 376 g/mol. The van der Waals surface area contributed by atoms with Crippen molar-refractivity contribution in [3.63, 3.8) is 0 Å². The summed E-state index contributed by atoms with van der Waals surface area (Å²) in [5.41, 5.74) is 4.65. The molecular weight excluding hydrogens is 352 g/mol. The zero-order chi connectivity index (χ0) is 18.8. The number of aromatic nitrogens is 2. The molecule has 0 N–H and O–H groups in total. The third-order valence-electron chi connectivity index (χ3n) is 5.10. The zero-order valence-electron chi connectivity index (χ0n) is 15.9. The lowest BCUT2D eigenvalue weighted by atomic mass is 10.1. The van der Waals surface area contributed by atoms with Gasteiger partial charge in [0.05, 0.1) is 4.99 Å². The highest BCUT2D eigenvalue weighted by Gasteiger charge is 2.20. The summed E-state index contributed by atoms with van der Waals surface area (Å²) in [5, 5.41) is 2.42. The minimum Gasteiger partial charge on any atom is -0.368 e. The number of nitrogens with zero attached hydrogens (tertiary/aromatic N) is 4. The number of rotatable bonds is 3. The average molecular weight is 377 g/mol. The van der Waals surface area contributed by atoms with Crippen LogP contribution in [-0.2, 0) is 6.42 Å². The third-order valence-corrected chi connectivity index (χ3v) is 5.51. The Labute approximate surface area is 165 Å². The van der Waals surface area contributed by atoms with Gasteiger partial charge in [-0.3, -0.25) is 9.97 Å². The van der Waals surface area contributed by atoms with E-state index < -0.39 is 0 Å². The van der Waals surface area contributed by atoms with Gasteiger partial charge in [-0.1, -0.05) is 18.3 Å². The van der Waals surface area contributed by atoms with E-state index >= 15 is 0 Å². The summed E-state index contributed by atoms with van der Waals surface area (Å²) in [6.07, 6.45) is 4.51. The van der Waals surface area contributed by atoms with Gasteiger partial charge < -0.3 is 9.80 Å². The van der Waals surface area contributed by atoms with Crippen LogP contribution >= 0.6 is 12.2 Å². The smallest absolute Gasteiger partial charge is 0.0840 e. The van der Waals surface area contributed by atoms with Crippen LogP contribution in [-0.4, -0.2) is 46.0 Å². The standard InChI is InChI=1S/C22H24N4S/c1-16-11-17(2)24-20(12-16)14-22(27)26-9-7-25(8-10-26)21-4-3-19-15-23-6-5-18(19)13-21/h3-6,11-13,15H,7-10,14H2,1-2H3. The molecule has 0 unspecified atom stereocenters. The summed E-state index contributed by atoms with van der Waals surface area (Å²) >= 11 is 5.72. The first-order valence-electron chi connectivity index (χ1n) is 9.39. The van der Waals surface area contributed by atoms with Crippen LogP contribution < -0.4 is 4.90 Å². The second kappa shape index (κ2) is 7.61. The molecule has 0 aliphatic carbocycles. The molecule has 4 nitrogen and oxygen atoms in total. The molecule has 1 aliphatic rings. The van der Waals surface area contributed by atoms with Gasteiger partial charge in [-0.05, 0) is 55.1 Å². The van der Waals surface area contributed by atoms with Gasteiger partial charge in [0, 0.05) is 67.5 Å². The van der Waals surface area contributed by atoms with Crippen LogP contribution in [0.25, 0.3) is 10.8 Å². The highest BCUT2D eigenvalue weighted by atomic mass is 32.1. The Morgan fingerprint density at radius 3 is 2.59 bits per heavy atom. The average Bonchev–Trinajstić information content (AvgIpc) is 2.67. The van der Waals surface area contributed by atoms with Crippen LogP contribution in [0.2, 0.25) is 0 Å². The largest absolute Gasteiger partial charge is 0.368 e. The van der Waals surface area contributed by atoms with E-state index in [1.165, 1.54) is 22.0 Å². The minimum atomic E-state index is 0.751. The third kappa shape index (κ3) is 4.08. The fourth-order valence-electron chi connectivity index (χ4n) is 3.76. The molecule has 0 spiro atoms. The predicted molar refractivity (Wildman–Crippen MR) is 116 cm³/mol. The Balaban J connectivity index is 1.39. The van der Waals surface area contributed by atoms with Crippen LogP contribution in [0, 0.1) is 13.8 Å². The molecule has 3 aromatic rings. The Hall–Kier alpha value is -2.53. The van der Waals surface area contributed by atoms with E-state index in [1.807, 2.05) is 19.3 Å². The maximum absolute atomic E-state index is 5.72. The number of hydrogen-bond donors (Lipinski definition) is 0. The van der Waals surface area contributed by atoms with E-state index in [2.05, 4.69) is 63.1 Å². The number of aryl methyl sites for hydroxylation is 2. The molecule has 1 fully saturated rings. The van der Waals surface area contributed by atoms with Gasteiger partial charge in [0.1, 0.15) is 0 Å². The molecule has 138 valence electrons. The minimum absolute atomic E-state index is 0.751. The lowest BCUT2D eigenvalue weighted by Gasteiger charge is -2.37. The van der Waals surface area contributed by atoms with Crippen molar-refractivity contribution >= 4 is 33.7 Å². The molecule has 0 radical (unpaired) electrons. The van der Waals surface area contributed by atoms with Gasteiger partial charge in [0.15, 0.2) is 0 Å². The molecule has 1 aliphatic heterocycles. The summed E-state index contributed by atoms with van der Waals surface area (Å²) in [6.45, 7) is 8.03. The number of benzene rings is 1. The topological polar surface area (TPSA) is 32.3 Å². The van der Waals surface area contributed by atoms with E-state index in [-0.39, 0.29) is 0 Å². The number of fused-ring (bicyclic) bond motifs is 1. The number of anilines is 1. The first kappa shape index (κ1) is 17.9. The maximum Gasteiger partial charge on any atom is 0.0840 e. The molecule has 0 bridgehead atoms. The van der Waals surface area contributed by atoms with E-state index in [9.17, 15) is 0 Å². The number of hydrogen-bond acceptors (Lipinski definition) is 4. The van der Waals surface area contributed by atoms with Gasteiger partial charge in [-0.15, -0.1) is 0 Å². The Kier molecular flexibility index (Phi) is 5.03. The van der Waals surface area contributed by atoms with Crippen molar-refractivity contribution in [3.05, 3.63) is 65.7 Å². The zero-order valence-corrected chi connectivity index (χ0v) is 16.7. The van der Waals surface area contributed by atoms with Crippen molar-refractivity contribution in [1.29, 1.82) is 0 Å². The summed E-state index contributed by atoms with van der Waals surface area (Å²) in [4.78, 5) is 14.6. The van der Waals surface area contributed by atoms with Crippen molar-refractivity contribution in [2.75, 3.05) is 31.1 Å². The van der Waals surface area contributed by atoms with Crippen molar-refractivity contribution in [1.82, 2.24) is 14.9 Å². The second-order valence-electron chi connectivity index (χ2n) is 7.23. The van der Waals surface area contributed by atoms with Crippen molar-refractivity contribution in [2.45, 2.75) is 20.3 Å². The number of pyridine rings is 2. The van der Waals surface area contributed by atoms with Crippen molar-refractivity contribution in [3.8, 4) is 0 Å². The number of thiocarbonyl (C=S) groups is 1. The van der Waals surface area contributed by atoms with Crippen LogP contribution in [0.15, 0.2) is 48.8 Å². The molecule has 27 heavy (non-hydrogen) atoms. The summed E-state index contributed by atoms with van der Waals surface area (Å²) in [7, 11) is 0. The lowest BCUT2D eigenvalue weighted by molar-refractivity contribution is 0.387. The van der Waals surface area contributed by atoms with Crippen molar-refractivity contribution in [2.24, 2.45) is 0 Å². The Morgan fingerprint density at radius 2 is 1.81 bits per heavy atom. The second-order valence-corrected chi connectivity index (χ2v) is 7.70. The summed E-state index contributed by atoms with van der Waals surface area (Å²) in [5.74, 6) is 0. The van der Waals surface area contributed by atoms with Gasteiger partial charge in [0.25, 0.3) is 0 Å². The van der Waals surface area contributed by atoms with E-state index in [1.54, 1.807) is 0 Å². The molecule has 0 saturated carbocycles. The Morgan fingerprint density at radius 1 is 1.00 bits per heavy atom. The predicted octanol–water partition coefficient (Wildman–Crippen LogP) is 3.94. The molecule has 1 saturated heterocycles. The SMILES string of the molecule is Cc1cc(C)nc(CC(=S)N2CCN(c3ccc4cnccc4c3)CC2)c1. The van der Waals surface area contributed by atoms with Crippen molar-refractivity contribution < 1.29 is 0 Å². The fourth-order valence-corrected chi connectivity index (χ4v) is 4.09. The molecule has 1 aromatic carbocycles. The van der Waals surface area contributed by atoms with Gasteiger partial charge in [0.2, 0.25) is 0 Å². The molecule has 3 heterocycles. The van der Waals surface area contributed by atoms with E-state index in [0.29, 0.717) is 0 Å². The first-order chi connectivity index (χ1) is 13.1. The quantitative estimate of drug-likeness (QED) is 0.647. The summed E-state index contributed by atoms with van der Waals surface area (Å²) < 4.78 is 0. The maximum atomic E-state index is 5.72. The van der Waals surface area contributed by atoms with E-state index in [0.717, 1.165) is 49.0 Å².